The van der Waals surface area contributed by atoms with E-state index in [4.69, 9.17) is 10.6 Å². The third-order valence-electron chi connectivity index (χ3n) is 2.61. The molecule has 0 amide bonds. The fourth-order valence-electron chi connectivity index (χ4n) is 1.72. The van der Waals surface area contributed by atoms with E-state index in [9.17, 15) is 4.39 Å². The molecule has 19 heavy (non-hydrogen) atoms. The number of guanidine groups is 1. The lowest BCUT2D eigenvalue weighted by Gasteiger charge is -2.17. The van der Waals surface area contributed by atoms with Gasteiger partial charge in [-0.1, -0.05) is 18.2 Å². The van der Waals surface area contributed by atoms with Gasteiger partial charge in [0.05, 0.1) is 12.6 Å². The molecule has 0 aromatic heterocycles. The molecule has 0 heterocycles. The maximum atomic E-state index is 13.6. The van der Waals surface area contributed by atoms with Crippen molar-refractivity contribution in [2.24, 2.45) is 10.8 Å². The molecule has 2 unspecified atom stereocenters. The van der Waals surface area contributed by atoms with Gasteiger partial charge in [0.15, 0.2) is 0 Å². The van der Waals surface area contributed by atoms with Crippen LogP contribution in [0.2, 0.25) is 0 Å². The highest BCUT2D eigenvalue weighted by Gasteiger charge is 2.11. The van der Waals surface area contributed by atoms with E-state index in [1.165, 1.54) is 6.07 Å². The second kappa shape index (κ2) is 7.70. The molecule has 0 bridgehead atoms. The normalized spacial score (nSPS) is 14.9. The summed E-state index contributed by atoms with van der Waals surface area (Å²) in [6, 6.07) is 6.26. The van der Waals surface area contributed by atoms with E-state index >= 15 is 0 Å². The highest BCUT2D eigenvalue weighted by atomic mass is 19.1. The molecule has 0 aliphatic heterocycles. The van der Waals surface area contributed by atoms with Gasteiger partial charge in [-0.3, -0.25) is 5.43 Å². The maximum Gasteiger partial charge on any atom is 0.206 e. The van der Waals surface area contributed by atoms with Crippen LogP contribution in [0.5, 0.6) is 0 Å². The molecule has 0 saturated heterocycles. The summed E-state index contributed by atoms with van der Waals surface area (Å²) >= 11 is 0. The number of hydrogen-bond donors (Lipinski definition) is 3. The molecule has 106 valence electrons. The first-order chi connectivity index (χ1) is 9.08. The van der Waals surface area contributed by atoms with Gasteiger partial charge in [0.25, 0.3) is 0 Å². The number of rotatable bonds is 5. The number of nitrogens with one attached hydrogen (secondary N) is 2. The lowest BCUT2D eigenvalue weighted by atomic mass is 10.1. The van der Waals surface area contributed by atoms with Crippen molar-refractivity contribution in [3.05, 3.63) is 35.6 Å². The van der Waals surface area contributed by atoms with Crippen molar-refractivity contribution < 1.29 is 9.13 Å². The van der Waals surface area contributed by atoms with Crippen molar-refractivity contribution in [1.82, 2.24) is 10.7 Å². The molecule has 2 atom stereocenters. The maximum absolute atomic E-state index is 13.6. The van der Waals surface area contributed by atoms with Crippen LogP contribution < -0.4 is 16.6 Å². The first-order valence-corrected chi connectivity index (χ1v) is 6.12. The molecule has 6 heteroatoms. The van der Waals surface area contributed by atoms with Gasteiger partial charge in [-0.2, -0.15) is 0 Å². The monoisotopic (exact) mass is 268 g/mol. The van der Waals surface area contributed by atoms with Gasteiger partial charge in [0, 0.05) is 18.7 Å². The van der Waals surface area contributed by atoms with Crippen LogP contribution in [-0.4, -0.2) is 25.7 Å². The summed E-state index contributed by atoms with van der Waals surface area (Å²) in [7, 11) is 1.62. The third-order valence-corrected chi connectivity index (χ3v) is 2.61. The van der Waals surface area contributed by atoms with Crippen LogP contribution in [0.25, 0.3) is 0 Å². The molecule has 1 aromatic carbocycles. The van der Waals surface area contributed by atoms with Crippen molar-refractivity contribution in [3.8, 4) is 0 Å². The van der Waals surface area contributed by atoms with E-state index in [0.29, 0.717) is 18.1 Å². The van der Waals surface area contributed by atoms with E-state index in [1.54, 1.807) is 32.2 Å². The number of ether oxygens (including phenoxy) is 1. The van der Waals surface area contributed by atoms with Gasteiger partial charge in [-0.25, -0.2) is 15.2 Å². The average molecular weight is 268 g/mol. The van der Waals surface area contributed by atoms with E-state index in [2.05, 4.69) is 15.7 Å². The van der Waals surface area contributed by atoms with Crippen LogP contribution in [0.3, 0.4) is 0 Å². The number of aliphatic imine (C=N–C) groups is 1. The molecule has 0 spiro atoms. The summed E-state index contributed by atoms with van der Waals surface area (Å²) in [5, 5.41) is 3.05. The highest BCUT2D eigenvalue weighted by molar-refractivity contribution is 5.79. The largest absolute Gasteiger partial charge is 0.383 e. The van der Waals surface area contributed by atoms with Crippen LogP contribution in [0.15, 0.2) is 29.3 Å². The zero-order valence-corrected chi connectivity index (χ0v) is 11.5. The molecular weight excluding hydrogens is 247 g/mol. The Labute approximate surface area is 113 Å². The van der Waals surface area contributed by atoms with E-state index in [0.717, 1.165) is 0 Å². The van der Waals surface area contributed by atoms with Gasteiger partial charge in [-0.15, -0.1) is 0 Å². The van der Waals surface area contributed by atoms with Crippen molar-refractivity contribution in [2.75, 3.05) is 13.7 Å². The average Bonchev–Trinajstić information content (AvgIpc) is 2.38. The Morgan fingerprint density at radius 3 is 2.68 bits per heavy atom. The second-order valence-electron chi connectivity index (χ2n) is 4.32. The molecule has 5 nitrogen and oxygen atoms in total. The summed E-state index contributed by atoms with van der Waals surface area (Å²) in [6.45, 7) is 4.26. The van der Waals surface area contributed by atoms with Crippen LogP contribution >= 0.6 is 0 Å². The van der Waals surface area contributed by atoms with Crippen LogP contribution in [0.4, 0.5) is 4.39 Å². The van der Waals surface area contributed by atoms with Crippen LogP contribution in [0, 0.1) is 5.82 Å². The SMILES string of the molecule is COCC(C)NC(=NC(C)c1ccccc1F)NN. The Hall–Kier alpha value is -1.66. The summed E-state index contributed by atoms with van der Waals surface area (Å²) in [5.41, 5.74) is 3.00. The summed E-state index contributed by atoms with van der Waals surface area (Å²) in [4.78, 5) is 4.32. The minimum atomic E-state index is -0.338. The smallest absolute Gasteiger partial charge is 0.206 e. The molecule has 1 rings (SSSR count). The molecule has 0 aliphatic carbocycles. The second-order valence-corrected chi connectivity index (χ2v) is 4.32. The molecule has 4 N–H and O–H groups in total. The Morgan fingerprint density at radius 1 is 1.42 bits per heavy atom. The van der Waals surface area contributed by atoms with Crippen molar-refractivity contribution >= 4 is 5.96 Å². The third kappa shape index (κ3) is 4.84. The topological polar surface area (TPSA) is 71.7 Å². The standard InChI is InChI=1S/C13H21FN4O/c1-9(8-19-3)16-13(18-15)17-10(2)11-6-4-5-7-12(11)14/h4-7,9-10H,8,15H2,1-3H3,(H2,16,17,18). The Balaban J connectivity index is 2.77. The number of hydrogen-bond acceptors (Lipinski definition) is 3. The number of benzene rings is 1. The summed E-state index contributed by atoms with van der Waals surface area (Å²) < 4.78 is 18.6. The summed E-state index contributed by atoms with van der Waals surface area (Å²) in [6.07, 6.45) is 0. The van der Waals surface area contributed by atoms with Gasteiger partial charge in [0.2, 0.25) is 5.96 Å². The molecule has 1 aromatic rings. The van der Waals surface area contributed by atoms with Gasteiger partial charge < -0.3 is 10.1 Å². The van der Waals surface area contributed by atoms with Gasteiger partial charge in [-0.05, 0) is 19.9 Å². The fourth-order valence-corrected chi connectivity index (χ4v) is 1.72. The predicted molar refractivity (Wildman–Crippen MR) is 74.0 cm³/mol. The Morgan fingerprint density at radius 2 is 2.11 bits per heavy atom. The Bertz CT molecular complexity index is 425. The van der Waals surface area contributed by atoms with Gasteiger partial charge in [0.1, 0.15) is 5.82 Å². The zero-order chi connectivity index (χ0) is 14.3. The van der Waals surface area contributed by atoms with E-state index < -0.39 is 0 Å². The molecule has 0 fully saturated rings. The number of nitrogens with zero attached hydrogens (tertiary/aromatic N) is 1. The van der Waals surface area contributed by atoms with Crippen LogP contribution in [0.1, 0.15) is 25.5 Å². The number of halogens is 1. The van der Waals surface area contributed by atoms with E-state index in [-0.39, 0.29) is 17.9 Å². The highest BCUT2D eigenvalue weighted by Crippen LogP contribution is 2.19. The quantitative estimate of drug-likeness (QED) is 0.326. The summed E-state index contributed by atoms with van der Waals surface area (Å²) in [5.74, 6) is 5.53. The number of methoxy groups -OCH3 is 1. The van der Waals surface area contributed by atoms with Gasteiger partial charge >= 0.3 is 0 Å². The molecular formula is C13H21FN4O. The predicted octanol–water partition coefficient (Wildman–Crippen LogP) is 1.33. The van der Waals surface area contributed by atoms with E-state index in [1.807, 2.05) is 6.92 Å². The lowest BCUT2D eigenvalue weighted by Crippen LogP contribution is -2.47. The number of nitrogens with two attached hydrogens (primary N) is 1. The van der Waals surface area contributed by atoms with Crippen molar-refractivity contribution in [1.29, 1.82) is 0 Å². The first kappa shape index (κ1) is 15.4. The van der Waals surface area contributed by atoms with Crippen LogP contribution in [-0.2, 0) is 4.74 Å². The zero-order valence-electron chi connectivity index (χ0n) is 11.5. The number of hydrazine groups is 1. The molecule has 0 aliphatic rings. The van der Waals surface area contributed by atoms with Crippen molar-refractivity contribution in [2.45, 2.75) is 25.9 Å². The first-order valence-electron chi connectivity index (χ1n) is 6.12. The van der Waals surface area contributed by atoms with Crippen molar-refractivity contribution in [3.63, 3.8) is 0 Å². The lowest BCUT2D eigenvalue weighted by molar-refractivity contribution is 0.179. The Kier molecular flexibility index (Phi) is 6.24. The minimum Gasteiger partial charge on any atom is -0.383 e. The molecule has 0 saturated carbocycles. The molecule has 0 radical (unpaired) electrons. The minimum absolute atomic E-state index is 0.0487. The fraction of sp³-hybridized carbons (Fsp3) is 0.462.